The van der Waals surface area contributed by atoms with Crippen LogP contribution in [-0.2, 0) is 15.6 Å². The Morgan fingerprint density at radius 2 is 2.23 bits per heavy atom. The Bertz CT molecular complexity index is 266. The second-order valence-electron chi connectivity index (χ2n) is 3.04. The Balaban J connectivity index is 2.50. The highest BCUT2D eigenvalue weighted by molar-refractivity contribution is 7.84. The molecule has 6 heteroatoms. The van der Waals surface area contributed by atoms with Gasteiger partial charge in [-0.3, -0.25) is 14.3 Å². The lowest BCUT2D eigenvalue weighted by atomic mass is 10.4. The minimum absolute atomic E-state index is 0.0837. The maximum Gasteiger partial charge on any atom is 0.324 e. The van der Waals surface area contributed by atoms with E-state index in [0.29, 0.717) is 6.54 Å². The molecule has 1 fully saturated rings. The van der Waals surface area contributed by atoms with Crippen molar-refractivity contribution in [3.05, 3.63) is 0 Å². The van der Waals surface area contributed by atoms with Crippen molar-refractivity contribution >= 4 is 22.7 Å². The Morgan fingerprint density at radius 1 is 1.62 bits per heavy atom. The Hall–Kier alpha value is -0.910. The van der Waals surface area contributed by atoms with Gasteiger partial charge in [0.15, 0.2) is 0 Å². The van der Waals surface area contributed by atoms with E-state index in [2.05, 4.69) is 5.32 Å². The molecule has 5 nitrogen and oxygen atoms in total. The third-order valence-corrected chi connectivity index (χ3v) is 3.19. The smallest absolute Gasteiger partial charge is 0.314 e. The van der Waals surface area contributed by atoms with Crippen LogP contribution >= 0.6 is 0 Å². The summed E-state index contributed by atoms with van der Waals surface area (Å²) in [6.07, 6.45) is 1.58. The first-order valence-electron chi connectivity index (χ1n) is 3.91. The summed E-state index contributed by atoms with van der Waals surface area (Å²) in [7, 11) is -0.965. The maximum atomic E-state index is 11.0. The van der Waals surface area contributed by atoms with Crippen LogP contribution in [0.25, 0.3) is 0 Å². The molecule has 0 saturated carbocycles. The molecule has 1 heterocycles. The van der Waals surface area contributed by atoms with Crippen molar-refractivity contribution in [3.63, 3.8) is 0 Å². The van der Waals surface area contributed by atoms with E-state index in [1.54, 1.807) is 13.2 Å². The van der Waals surface area contributed by atoms with Crippen molar-refractivity contribution in [1.82, 2.24) is 10.2 Å². The number of nitrogens with one attached hydrogen (secondary N) is 1. The first-order chi connectivity index (χ1) is 6.00. The molecule has 1 aliphatic heterocycles. The fraction of sp³-hybridized carbons (Fsp3) is 0.714. The van der Waals surface area contributed by atoms with Crippen LogP contribution in [0.5, 0.6) is 0 Å². The van der Waals surface area contributed by atoms with Gasteiger partial charge in [0, 0.05) is 28.9 Å². The quantitative estimate of drug-likeness (QED) is 0.618. The van der Waals surface area contributed by atoms with Crippen molar-refractivity contribution in [2.24, 2.45) is 0 Å². The van der Waals surface area contributed by atoms with E-state index in [-0.39, 0.29) is 23.7 Å². The molecule has 0 aliphatic carbocycles. The third-order valence-electron chi connectivity index (χ3n) is 1.91. The van der Waals surface area contributed by atoms with Gasteiger partial charge in [0.2, 0.25) is 5.91 Å². The van der Waals surface area contributed by atoms with Crippen LogP contribution in [0.2, 0.25) is 0 Å². The molecule has 0 bridgehead atoms. The van der Waals surface area contributed by atoms with Crippen molar-refractivity contribution in [2.75, 3.05) is 19.3 Å². The SMILES string of the molecule is CC(CN1CC(=O)NC1=O)S(C)=O. The summed E-state index contributed by atoms with van der Waals surface area (Å²) in [6.45, 7) is 2.23. The fourth-order valence-corrected chi connectivity index (χ4v) is 1.44. The van der Waals surface area contributed by atoms with Crippen LogP contribution in [0.3, 0.4) is 0 Å². The summed E-state index contributed by atoms with van der Waals surface area (Å²) in [5, 5.41) is 2.06. The van der Waals surface area contributed by atoms with Gasteiger partial charge in [0.25, 0.3) is 0 Å². The lowest BCUT2D eigenvalue weighted by Gasteiger charge is -2.16. The van der Waals surface area contributed by atoms with Crippen molar-refractivity contribution < 1.29 is 13.8 Å². The summed E-state index contributed by atoms with van der Waals surface area (Å²) < 4.78 is 11.0. The second-order valence-corrected chi connectivity index (χ2v) is 4.84. The molecule has 1 rings (SSSR count). The van der Waals surface area contributed by atoms with E-state index in [1.165, 1.54) is 4.90 Å². The molecule has 0 spiro atoms. The molecule has 1 saturated heterocycles. The van der Waals surface area contributed by atoms with Crippen molar-refractivity contribution in [3.8, 4) is 0 Å². The normalized spacial score (nSPS) is 21.5. The van der Waals surface area contributed by atoms with Gasteiger partial charge in [-0.1, -0.05) is 0 Å². The number of nitrogens with zero attached hydrogens (tertiary/aromatic N) is 1. The lowest BCUT2D eigenvalue weighted by molar-refractivity contribution is -0.118. The molecule has 2 atom stereocenters. The van der Waals surface area contributed by atoms with Crippen LogP contribution in [0.15, 0.2) is 0 Å². The van der Waals surface area contributed by atoms with E-state index >= 15 is 0 Å². The van der Waals surface area contributed by atoms with Gasteiger partial charge in [-0.25, -0.2) is 4.79 Å². The zero-order chi connectivity index (χ0) is 10.0. The molecule has 2 unspecified atom stereocenters. The number of amides is 3. The summed E-state index contributed by atoms with van der Waals surface area (Å²) in [5.74, 6) is -0.293. The summed E-state index contributed by atoms with van der Waals surface area (Å²) >= 11 is 0. The Kier molecular flexibility index (Phi) is 3.02. The van der Waals surface area contributed by atoms with Crippen LogP contribution in [-0.4, -0.2) is 45.6 Å². The van der Waals surface area contributed by atoms with Gasteiger partial charge in [0.05, 0.1) is 0 Å². The van der Waals surface area contributed by atoms with Crippen LogP contribution in [0.1, 0.15) is 6.92 Å². The number of rotatable bonds is 3. The van der Waals surface area contributed by atoms with Gasteiger partial charge in [-0.2, -0.15) is 0 Å². The minimum atomic E-state index is -0.965. The van der Waals surface area contributed by atoms with Gasteiger partial charge >= 0.3 is 6.03 Å². The Labute approximate surface area is 78.9 Å². The largest absolute Gasteiger partial charge is 0.324 e. The summed E-state index contributed by atoms with van der Waals surface area (Å²) in [5.41, 5.74) is 0. The molecular formula is C7H12N2O3S. The molecule has 0 aromatic rings. The molecule has 13 heavy (non-hydrogen) atoms. The zero-order valence-electron chi connectivity index (χ0n) is 7.57. The topological polar surface area (TPSA) is 66.5 Å². The Morgan fingerprint density at radius 3 is 2.62 bits per heavy atom. The van der Waals surface area contributed by atoms with Crippen LogP contribution in [0, 0.1) is 0 Å². The first kappa shape index (κ1) is 10.2. The molecule has 3 amide bonds. The van der Waals surface area contributed by atoms with E-state index in [0.717, 1.165) is 0 Å². The highest BCUT2D eigenvalue weighted by atomic mass is 32.2. The number of hydrogen-bond donors (Lipinski definition) is 1. The van der Waals surface area contributed by atoms with Crippen LogP contribution in [0.4, 0.5) is 4.79 Å². The van der Waals surface area contributed by atoms with Gasteiger partial charge < -0.3 is 4.90 Å². The van der Waals surface area contributed by atoms with Gasteiger partial charge in [-0.05, 0) is 6.92 Å². The molecule has 0 aromatic carbocycles. The molecule has 74 valence electrons. The maximum absolute atomic E-state index is 11.0. The van der Waals surface area contributed by atoms with Crippen molar-refractivity contribution in [2.45, 2.75) is 12.2 Å². The van der Waals surface area contributed by atoms with Gasteiger partial charge in [0.1, 0.15) is 6.54 Å². The molecule has 1 N–H and O–H groups in total. The average Bonchev–Trinajstić information content (AvgIpc) is 2.30. The predicted octanol–water partition coefficient (Wildman–Crippen LogP) is -0.695. The molecule has 0 radical (unpaired) electrons. The molecular weight excluding hydrogens is 192 g/mol. The van der Waals surface area contributed by atoms with Gasteiger partial charge in [-0.15, -0.1) is 0 Å². The standard InChI is InChI=1S/C7H12N2O3S/c1-5(13(2)12)3-9-4-6(10)8-7(9)11/h5H,3-4H2,1-2H3,(H,8,10,11). The highest BCUT2D eigenvalue weighted by Crippen LogP contribution is 2.02. The van der Waals surface area contributed by atoms with E-state index in [9.17, 15) is 13.8 Å². The van der Waals surface area contributed by atoms with E-state index in [4.69, 9.17) is 0 Å². The molecule has 1 aliphatic rings. The monoisotopic (exact) mass is 204 g/mol. The summed E-state index contributed by atoms with van der Waals surface area (Å²) in [4.78, 5) is 23.2. The average molecular weight is 204 g/mol. The third kappa shape index (κ3) is 2.51. The minimum Gasteiger partial charge on any atom is -0.314 e. The number of urea groups is 1. The second kappa shape index (κ2) is 3.87. The lowest BCUT2D eigenvalue weighted by Crippen LogP contribution is -2.35. The van der Waals surface area contributed by atoms with E-state index in [1.807, 2.05) is 0 Å². The fourth-order valence-electron chi connectivity index (χ4n) is 1.05. The number of carbonyl (C=O) groups is 2. The number of imide groups is 1. The molecule has 0 aromatic heterocycles. The van der Waals surface area contributed by atoms with Crippen LogP contribution < -0.4 is 5.32 Å². The zero-order valence-corrected chi connectivity index (χ0v) is 8.39. The first-order valence-corrected chi connectivity index (χ1v) is 5.54. The summed E-state index contributed by atoms with van der Waals surface area (Å²) in [6, 6.07) is -0.387. The van der Waals surface area contributed by atoms with Crippen molar-refractivity contribution in [1.29, 1.82) is 0 Å². The highest BCUT2D eigenvalue weighted by Gasteiger charge is 2.28. The van der Waals surface area contributed by atoms with E-state index < -0.39 is 10.8 Å². The predicted molar refractivity (Wildman–Crippen MR) is 48.6 cm³/mol. The number of carbonyl (C=O) groups excluding carboxylic acids is 2. The number of hydrogen-bond acceptors (Lipinski definition) is 3.